The molecule has 0 saturated heterocycles. The van der Waals surface area contributed by atoms with E-state index < -0.39 is 5.97 Å². The van der Waals surface area contributed by atoms with Crippen molar-refractivity contribution in [3.63, 3.8) is 0 Å². The van der Waals surface area contributed by atoms with Crippen LogP contribution in [-0.2, 0) is 14.3 Å². The summed E-state index contributed by atoms with van der Waals surface area (Å²) in [6.07, 6.45) is 4.93. The maximum Gasteiger partial charge on any atom is 0.330 e. The Hall–Kier alpha value is -1.41. The van der Waals surface area contributed by atoms with Crippen molar-refractivity contribution in [2.45, 2.75) is 32.2 Å². The molecule has 4 heteroatoms. The molecule has 0 aliphatic carbocycles. The minimum Gasteiger partial charge on any atom is -0.462 e. The van der Waals surface area contributed by atoms with Crippen LogP contribution in [0.15, 0.2) is 17.6 Å². The lowest BCUT2D eigenvalue weighted by molar-refractivity contribution is -0.137. The van der Waals surface area contributed by atoms with Crippen molar-refractivity contribution < 1.29 is 14.3 Å². The van der Waals surface area contributed by atoms with Gasteiger partial charge in [-0.05, 0) is 6.42 Å². The van der Waals surface area contributed by atoms with Crippen LogP contribution in [0.1, 0.15) is 26.2 Å². The Labute approximate surface area is 83.7 Å². The van der Waals surface area contributed by atoms with Gasteiger partial charge in [0.2, 0.25) is 6.08 Å². The zero-order valence-corrected chi connectivity index (χ0v) is 8.36. The lowest BCUT2D eigenvalue weighted by Crippen LogP contribution is -2.10. The van der Waals surface area contributed by atoms with Crippen LogP contribution in [-0.4, -0.2) is 24.7 Å². The summed E-state index contributed by atoms with van der Waals surface area (Å²) in [7, 11) is 0. The van der Waals surface area contributed by atoms with E-state index >= 15 is 0 Å². The van der Waals surface area contributed by atoms with Gasteiger partial charge in [0.15, 0.2) is 0 Å². The average Bonchev–Trinajstić information content (AvgIpc) is 2.18. The zero-order valence-electron chi connectivity index (χ0n) is 8.36. The molecule has 0 aromatic carbocycles. The van der Waals surface area contributed by atoms with Gasteiger partial charge < -0.3 is 4.74 Å². The largest absolute Gasteiger partial charge is 0.462 e. The third kappa shape index (κ3) is 6.14. The molecule has 0 heterocycles. The molecule has 0 aromatic heterocycles. The Morgan fingerprint density at radius 2 is 2.36 bits per heavy atom. The van der Waals surface area contributed by atoms with Gasteiger partial charge in [-0.15, -0.1) is 0 Å². The summed E-state index contributed by atoms with van der Waals surface area (Å²) in [5.41, 5.74) is 0. The highest BCUT2D eigenvalue weighted by Crippen LogP contribution is 2.05. The van der Waals surface area contributed by atoms with Crippen LogP contribution >= 0.6 is 0 Å². The van der Waals surface area contributed by atoms with Crippen LogP contribution in [0.3, 0.4) is 0 Å². The highest BCUT2D eigenvalue weighted by Gasteiger charge is 2.06. The third-order valence-electron chi connectivity index (χ3n) is 1.72. The molecule has 0 amide bonds. The number of carbonyl (C=O) groups is 1. The molecule has 0 N–H and O–H groups in total. The van der Waals surface area contributed by atoms with E-state index in [0.717, 1.165) is 18.9 Å². The Bertz CT molecular complexity index is 232. The number of isocyanates is 1. The lowest BCUT2D eigenvalue weighted by Gasteiger charge is -2.08. The van der Waals surface area contributed by atoms with E-state index in [1.807, 2.05) is 6.92 Å². The van der Waals surface area contributed by atoms with Crippen molar-refractivity contribution >= 4 is 12.0 Å². The second kappa shape index (κ2) is 8.20. The summed E-state index contributed by atoms with van der Waals surface area (Å²) in [5.74, 6) is -0.449. The van der Waals surface area contributed by atoms with Crippen LogP contribution in [0.25, 0.3) is 0 Å². The van der Waals surface area contributed by atoms with E-state index in [1.165, 1.54) is 6.08 Å². The maximum atomic E-state index is 10.7. The van der Waals surface area contributed by atoms with E-state index in [4.69, 9.17) is 4.74 Å². The van der Waals surface area contributed by atoms with Gasteiger partial charge in [-0.3, -0.25) is 0 Å². The van der Waals surface area contributed by atoms with Crippen LogP contribution in [0, 0.1) is 0 Å². The van der Waals surface area contributed by atoms with Gasteiger partial charge >= 0.3 is 5.97 Å². The molecule has 0 aliphatic heterocycles. The van der Waals surface area contributed by atoms with Gasteiger partial charge in [0, 0.05) is 12.5 Å². The van der Waals surface area contributed by atoms with E-state index in [2.05, 4.69) is 11.6 Å². The van der Waals surface area contributed by atoms with E-state index in [-0.39, 0.29) is 12.6 Å². The predicted molar refractivity (Wildman–Crippen MR) is 52.6 cm³/mol. The Kier molecular flexibility index (Phi) is 7.37. The summed E-state index contributed by atoms with van der Waals surface area (Å²) in [6.45, 7) is 5.54. The SMILES string of the molecule is C=CC(=O)OCCC(CCC)N=C=O. The minimum absolute atomic E-state index is 0.0879. The van der Waals surface area contributed by atoms with Crippen LogP contribution in [0.5, 0.6) is 0 Å². The summed E-state index contributed by atoms with van der Waals surface area (Å²) in [4.78, 5) is 24.3. The molecule has 0 radical (unpaired) electrons. The van der Waals surface area contributed by atoms with Gasteiger partial charge in [-0.25, -0.2) is 14.6 Å². The average molecular weight is 197 g/mol. The summed E-state index contributed by atoms with van der Waals surface area (Å²) < 4.78 is 4.77. The quantitative estimate of drug-likeness (QED) is 0.269. The lowest BCUT2D eigenvalue weighted by atomic mass is 10.1. The number of nitrogens with zero attached hydrogens (tertiary/aromatic N) is 1. The third-order valence-corrected chi connectivity index (χ3v) is 1.72. The fourth-order valence-electron chi connectivity index (χ4n) is 1.04. The van der Waals surface area contributed by atoms with Gasteiger partial charge in [-0.2, -0.15) is 0 Å². The van der Waals surface area contributed by atoms with Crippen molar-refractivity contribution in [2.24, 2.45) is 4.99 Å². The van der Waals surface area contributed by atoms with Gasteiger partial charge in [0.25, 0.3) is 0 Å². The second-order valence-electron chi connectivity index (χ2n) is 2.82. The Morgan fingerprint density at radius 3 is 2.86 bits per heavy atom. The first-order valence-electron chi connectivity index (χ1n) is 4.60. The first-order chi connectivity index (χ1) is 6.74. The highest BCUT2D eigenvalue weighted by atomic mass is 16.5. The number of aliphatic imine (C=N–C) groups is 1. The topological polar surface area (TPSA) is 55.7 Å². The molecule has 0 fully saturated rings. The molecule has 0 saturated carbocycles. The predicted octanol–water partition coefficient (Wildman–Crippen LogP) is 1.61. The molecule has 78 valence electrons. The summed E-state index contributed by atoms with van der Waals surface area (Å²) in [6, 6.07) is -0.0879. The van der Waals surface area contributed by atoms with E-state index in [0.29, 0.717) is 6.42 Å². The van der Waals surface area contributed by atoms with Crippen LogP contribution < -0.4 is 0 Å². The van der Waals surface area contributed by atoms with Crippen molar-refractivity contribution in [3.05, 3.63) is 12.7 Å². The Balaban J connectivity index is 3.75. The zero-order chi connectivity index (χ0) is 10.8. The number of hydrogen-bond acceptors (Lipinski definition) is 4. The normalized spacial score (nSPS) is 11.2. The fraction of sp³-hybridized carbons (Fsp3) is 0.600. The van der Waals surface area contributed by atoms with Gasteiger partial charge in [0.05, 0.1) is 12.6 Å². The molecule has 4 nitrogen and oxygen atoms in total. The van der Waals surface area contributed by atoms with Crippen LogP contribution in [0.4, 0.5) is 0 Å². The number of esters is 1. The first-order valence-corrected chi connectivity index (χ1v) is 4.60. The van der Waals surface area contributed by atoms with Crippen molar-refractivity contribution in [1.82, 2.24) is 0 Å². The van der Waals surface area contributed by atoms with Gasteiger partial charge in [-0.1, -0.05) is 19.9 Å². The molecule has 0 bridgehead atoms. The monoisotopic (exact) mass is 197 g/mol. The standard InChI is InChI=1S/C10H15NO3/c1-3-5-9(11-8-12)6-7-14-10(13)4-2/h4,9H,2-3,5-7H2,1H3. The molecular formula is C10H15NO3. The molecule has 1 unspecified atom stereocenters. The molecule has 0 rings (SSSR count). The maximum absolute atomic E-state index is 10.7. The molecule has 0 aliphatic rings. The van der Waals surface area contributed by atoms with Crippen LogP contribution in [0.2, 0.25) is 0 Å². The molecule has 1 atom stereocenters. The number of hydrogen-bond donors (Lipinski definition) is 0. The fourth-order valence-corrected chi connectivity index (χ4v) is 1.04. The van der Waals surface area contributed by atoms with E-state index in [1.54, 1.807) is 0 Å². The van der Waals surface area contributed by atoms with Gasteiger partial charge in [0.1, 0.15) is 0 Å². The molecular weight excluding hydrogens is 182 g/mol. The Morgan fingerprint density at radius 1 is 1.64 bits per heavy atom. The summed E-state index contributed by atoms with van der Waals surface area (Å²) >= 11 is 0. The smallest absolute Gasteiger partial charge is 0.330 e. The number of rotatable bonds is 7. The first kappa shape index (κ1) is 12.6. The van der Waals surface area contributed by atoms with E-state index in [9.17, 15) is 9.59 Å². The second-order valence-corrected chi connectivity index (χ2v) is 2.82. The highest BCUT2D eigenvalue weighted by molar-refractivity contribution is 5.81. The van der Waals surface area contributed by atoms with Crippen molar-refractivity contribution in [2.75, 3.05) is 6.61 Å². The molecule has 0 aromatic rings. The summed E-state index contributed by atoms with van der Waals surface area (Å²) in [5, 5.41) is 0. The van der Waals surface area contributed by atoms with Crippen molar-refractivity contribution in [3.8, 4) is 0 Å². The molecule has 0 spiro atoms. The molecule has 14 heavy (non-hydrogen) atoms. The van der Waals surface area contributed by atoms with Crippen molar-refractivity contribution in [1.29, 1.82) is 0 Å². The number of ether oxygens (including phenoxy) is 1. The minimum atomic E-state index is -0.449. The number of carbonyl (C=O) groups excluding carboxylic acids is 2.